The lowest BCUT2D eigenvalue weighted by molar-refractivity contribution is -0.0504. The number of nitrogens with one attached hydrogen (secondary N) is 1. The molecule has 0 amide bonds. The standard InChI is InChI=1S/C19H23N7O7/c1-25(21-6-8-3-4-9(32-2)5-10(8)28)19-22-12-15(23-18(20)24-16(12)31)26(19)17-14(30)13(29)11(7-27)33-17/h3-6,11,13-14,17,27-30H,7H2,1-2H3,(H3,20,23,24,31)/b21-6-/t11-,13-,14-,17-/m1/s1. The number of nitrogens with two attached hydrogens (primary N) is 1. The molecule has 4 atom stereocenters. The van der Waals surface area contributed by atoms with Crippen molar-refractivity contribution in [2.75, 3.05) is 31.5 Å². The highest BCUT2D eigenvalue weighted by atomic mass is 16.6. The van der Waals surface area contributed by atoms with Crippen molar-refractivity contribution >= 4 is 29.3 Å². The zero-order valence-electron chi connectivity index (χ0n) is 17.7. The Hall–Kier alpha value is -3.72. The number of aromatic hydroxyl groups is 1. The fraction of sp³-hybridized carbons (Fsp3) is 0.368. The third kappa shape index (κ3) is 3.95. The average Bonchev–Trinajstić information content (AvgIpc) is 3.30. The van der Waals surface area contributed by atoms with Gasteiger partial charge in [0.25, 0.3) is 5.56 Å². The molecule has 1 aliphatic heterocycles. The number of ether oxygens (including phenoxy) is 2. The molecule has 0 bridgehead atoms. The van der Waals surface area contributed by atoms with Crippen molar-refractivity contribution in [3.8, 4) is 11.5 Å². The van der Waals surface area contributed by atoms with Gasteiger partial charge >= 0.3 is 0 Å². The van der Waals surface area contributed by atoms with Crippen molar-refractivity contribution in [3.05, 3.63) is 34.1 Å². The summed E-state index contributed by atoms with van der Waals surface area (Å²) in [4.78, 5) is 23.1. The summed E-state index contributed by atoms with van der Waals surface area (Å²) in [5, 5.41) is 45.8. The highest BCUT2D eigenvalue weighted by molar-refractivity contribution is 5.84. The molecule has 2 aromatic heterocycles. The van der Waals surface area contributed by atoms with Gasteiger partial charge in [0, 0.05) is 18.7 Å². The van der Waals surface area contributed by atoms with Crippen LogP contribution in [0.4, 0.5) is 11.9 Å². The molecule has 33 heavy (non-hydrogen) atoms. The summed E-state index contributed by atoms with van der Waals surface area (Å²) in [5.74, 6) is 0.218. The summed E-state index contributed by atoms with van der Waals surface area (Å²) in [6, 6.07) is 4.65. The Morgan fingerprint density at radius 2 is 2.12 bits per heavy atom. The number of phenolic OH excluding ortho intramolecular Hbond substituents is 1. The first-order chi connectivity index (χ1) is 15.7. The summed E-state index contributed by atoms with van der Waals surface area (Å²) < 4.78 is 11.9. The molecule has 0 spiro atoms. The molecule has 0 radical (unpaired) electrons. The second-order valence-corrected chi connectivity index (χ2v) is 7.33. The normalized spacial score (nSPS) is 22.9. The Balaban J connectivity index is 1.79. The van der Waals surface area contributed by atoms with Gasteiger partial charge in [0.2, 0.25) is 11.9 Å². The number of nitrogen functional groups attached to an aromatic ring is 1. The highest BCUT2D eigenvalue weighted by Crippen LogP contribution is 2.35. The van der Waals surface area contributed by atoms with Crippen molar-refractivity contribution in [3.63, 3.8) is 0 Å². The van der Waals surface area contributed by atoms with E-state index in [-0.39, 0.29) is 28.8 Å². The van der Waals surface area contributed by atoms with Crippen LogP contribution >= 0.6 is 0 Å². The Morgan fingerprint density at radius 3 is 2.76 bits per heavy atom. The van der Waals surface area contributed by atoms with E-state index in [4.69, 9.17) is 15.2 Å². The summed E-state index contributed by atoms with van der Waals surface area (Å²) in [7, 11) is 2.98. The van der Waals surface area contributed by atoms with Gasteiger partial charge in [-0.05, 0) is 12.1 Å². The SMILES string of the molecule is COc1ccc(/C=N\N(C)c2nc3c(=O)[nH]c(N)nc3n2[C@@H]2O[C@H](CO)[C@@H](O)[C@H]2O)c(O)c1. The molecule has 0 aliphatic carbocycles. The van der Waals surface area contributed by atoms with E-state index in [1.165, 1.54) is 36.0 Å². The third-order valence-electron chi connectivity index (χ3n) is 5.22. The van der Waals surface area contributed by atoms with E-state index < -0.39 is 36.7 Å². The van der Waals surface area contributed by atoms with E-state index in [1.54, 1.807) is 12.1 Å². The molecule has 0 saturated carbocycles. The van der Waals surface area contributed by atoms with Crippen LogP contribution in [0.5, 0.6) is 11.5 Å². The maximum atomic E-state index is 12.4. The average molecular weight is 461 g/mol. The number of aliphatic hydroxyl groups is 3. The quantitative estimate of drug-likeness (QED) is 0.184. The largest absolute Gasteiger partial charge is 0.507 e. The maximum absolute atomic E-state index is 12.4. The zero-order chi connectivity index (χ0) is 23.9. The Bertz CT molecular complexity index is 1260. The molecule has 0 unspecified atom stereocenters. The number of fused-ring (bicyclic) bond motifs is 1. The van der Waals surface area contributed by atoms with Crippen LogP contribution in [-0.4, -0.2) is 85.2 Å². The second kappa shape index (κ2) is 8.67. The van der Waals surface area contributed by atoms with Gasteiger partial charge in [0.05, 0.1) is 19.9 Å². The minimum atomic E-state index is -1.47. The molecular formula is C19H23N7O7. The lowest BCUT2D eigenvalue weighted by atomic mass is 10.1. The Morgan fingerprint density at radius 1 is 1.36 bits per heavy atom. The molecular weight excluding hydrogens is 438 g/mol. The van der Waals surface area contributed by atoms with Crippen LogP contribution in [0.3, 0.4) is 0 Å². The minimum Gasteiger partial charge on any atom is -0.507 e. The van der Waals surface area contributed by atoms with Crippen LogP contribution in [-0.2, 0) is 4.74 Å². The summed E-state index contributed by atoms with van der Waals surface area (Å²) in [5.41, 5.74) is 5.31. The molecule has 176 valence electrons. The van der Waals surface area contributed by atoms with Gasteiger partial charge in [0.1, 0.15) is 29.8 Å². The number of H-pyrrole nitrogens is 1. The second-order valence-electron chi connectivity index (χ2n) is 7.33. The number of benzene rings is 1. The lowest BCUT2D eigenvalue weighted by Crippen LogP contribution is -2.33. The van der Waals surface area contributed by atoms with Crippen molar-refractivity contribution in [2.24, 2.45) is 5.10 Å². The predicted octanol–water partition coefficient (Wildman–Crippen LogP) is -1.50. The van der Waals surface area contributed by atoms with Crippen molar-refractivity contribution in [1.29, 1.82) is 0 Å². The first kappa shape index (κ1) is 22.5. The Labute approximate surface area is 186 Å². The van der Waals surface area contributed by atoms with Crippen LogP contribution in [0.2, 0.25) is 0 Å². The van der Waals surface area contributed by atoms with Gasteiger partial charge in [-0.2, -0.15) is 10.1 Å². The minimum absolute atomic E-state index is 0.0181. The van der Waals surface area contributed by atoms with Gasteiger partial charge in [0.15, 0.2) is 17.4 Å². The fourth-order valence-electron chi connectivity index (χ4n) is 3.51. The number of hydrazone groups is 1. The van der Waals surface area contributed by atoms with Gasteiger partial charge in [-0.1, -0.05) is 0 Å². The van der Waals surface area contributed by atoms with Gasteiger partial charge in [-0.25, -0.2) is 9.99 Å². The van der Waals surface area contributed by atoms with Crippen LogP contribution in [0.25, 0.3) is 11.2 Å². The first-order valence-corrected chi connectivity index (χ1v) is 9.80. The van der Waals surface area contributed by atoms with Crippen molar-refractivity contribution in [2.45, 2.75) is 24.5 Å². The summed E-state index contributed by atoms with van der Waals surface area (Å²) in [6.45, 7) is -0.544. The van der Waals surface area contributed by atoms with Crippen LogP contribution < -0.4 is 21.0 Å². The van der Waals surface area contributed by atoms with E-state index in [0.29, 0.717) is 11.3 Å². The monoisotopic (exact) mass is 461 g/mol. The molecule has 1 aromatic carbocycles. The van der Waals surface area contributed by atoms with E-state index in [1.807, 2.05) is 0 Å². The van der Waals surface area contributed by atoms with E-state index in [0.717, 1.165) is 0 Å². The number of anilines is 2. The molecule has 1 aliphatic rings. The summed E-state index contributed by atoms with van der Waals surface area (Å²) in [6.07, 6.45) is -3.84. The van der Waals surface area contributed by atoms with Crippen LogP contribution in [0.1, 0.15) is 11.8 Å². The molecule has 7 N–H and O–H groups in total. The maximum Gasteiger partial charge on any atom is 0.280 e. The van der Waals surface area contributed by atoms with Gasteiger partial charge in [-0.15, -0.1) is 0 Å². The molecule has 4 rings (SSSR count). The number of methoxy groups -OCH3 is 1. The molecule has 14 nitrogen and oxygen atoms in total. The van der Waals surface area contributed by atoms with E-state index in [9.17, 15) is 25.2 Å². The predicted molar refractivity (Wildman–Crippen MR) is 116 cm³/mol. The fourth-order valence-corrected chi connectivity index (χ4v) is 3.51. The van der Waals surface area contributed by atoms with Gasteiger partial charge < -0.3 is 35.6 Å². The van der Waals surface area contributed by atoms with Crippen LogP contribution in [0.15, 0.2) is 28.1 Å². The van der Waals surface area contributed by atoms with Crippen molar-refractivity contribution in [1.82, 2.24) is 19.5 Å². The number of hydrogen-bond donors (Lipinski definition) is 6. The van der Waals surface area contributed by atoms with Crippen molar-refractivity contribution < 1.29 is 29.9 Å². The molecule has 1 fully saturated rings. The Kier molecular flexibility index (Phi) is 5.90. The number of aliphatic hydroxyl groups excluding tert-OH is 3. The van der Waals surface area contributed by atoms with Crippen LogP contribution in [0, 0.1) is 0 Å². The molecule has 3 aromatic rings. The first-order valence-electron chi connectivity index (χ1n) is 9.80. The van der Waals surface area contributed by atoms with Gasteiger partial charge in [-0.3, -0.25) is 14.3 Å². The van der Waals surface area contributed by atoms with E-state index >= 15 is 0 Å². The van der Waals surface area contributed by atoms with E-state index in [2.05, 4.69) is 20.1 Å². The number of imidazole rings is 1. The number of nitrogens with zero attached hydrogens (tertiary/aromatic N) is 5. The molecule has 3 heterocycles. The zero-order valence-corrected chi connectivity index (χ0v) is 17.7. The topological polar surface area (TPSA) is 205 Å². The lowest BCUT2D eigenvalue weighted by Gasteiger charge is -2.21. The number of rotatable bonds is 6. The number of aromatic amines is 1. The number of hydrogen-bond acceptors (Lipinski definition) is 12. The molecule has 1 saturated heterocycles. The number of phenols is 1. The third-order valence-corrected chi connectivity index (χ3v) is 5.22. The summed E-state index contributed by atoms with van der Waals surface area (Å²) >= 11 is 0. The number of aromatic nitrogens is 4. The smallest absolute Gasteiger partial charge is 0.280 e. The molecule has 14 heteroatoms. The highest BCUT2D eigenvalue weighted by Gasteiger charge is 2.45.